The molecule has 1 aromatic carbocycles. The maximum atomic E-state index is 13.0. The fourth-order valence-corrected chi connectivity index (χ4v) is 2.75. The van der Waals surface area contributed by atoms with Gasteiger partial charge in [-0.05, 0) is 37.0 Å². The number of rotatable bonds is 3. The van der Waals surface area contributed by atoms with Crippen molar-refractivity contribution in [2.45, 2.75) is 44.1 Å². The van der Waals surface area contributed by atoms with Gasteiger partial charge in [-0.25, -0.2) is 8.78 Å². The fourth-order valence-electron chi connectivity index (χ4n) is 2.75. The summed E-state index contributed by atoms with van der Waals surface area (Å²) in [4.78, 5) is 0. The van der Waals surface area contributed by atoms with Crippen LogP contribution in [-0.2, 0) is 11.3 Å². The minimum atomic E-state index is -0.794. The zero-order valence-electron chi connectivity index (χ0n) is 9.46. The second-order valence-electron chi connectivity index (χ2n) is 4.85. The molecule has 1 aromatic rings. The average molecular weight is 239 g/mol. The van der Waals surface area contributed by atoms with E-state index in [9.17, 15) is 8.78 Å². The summed E-state index contributed by atoms with van der Waals surface area (Å²) in [6.07, 6.45) is 4.02. The van der Waals surface area contributed by atoms with E-state index in [0.717, 1.165) is 24.8 Å². The van der Waals surface area contributed by atoms with Gasteiger partial charge in [-0.15, -0.1) is 0 Å². The highest BCUT2D eigenvalue weighted by atomic mass is 19.2. The quantitative estimate of drug-likeness (QED) is 0.874. The van der Waals surface area contributed by atoms with E-state index in [1.165, 1.54) is 12.1 Å². The molecule has 2 heterocycles. The van der Waals surface area contributed by atoms with Gasteiger partial charge in [0.1, 0.15) is 0 Å². The highest BCUT2D eigenvalue weighted by Gasteiger charge is 2.40. The molecule has 0 saturated carbocycles. The molecule has 2 saturated heterocycles. The number of fused-ring (bicyclic) bond motifs is 2. The summed E-state index contributed by atoms with van der Waals surface area (Å²) >= 11 is 0. The molecule has 2 bridgehead atoms. The molecule has 1 N–H and O–H groups in total. The van der Waals surface area contributed by atoms with E-state index in [1.54, 1.807) is 6.07 Å². The first-order chi connectivity index (χ1) is 8.22. The highest BCUT2D eigenvalue weighted by molar-refractivity contribution is 5.17. The zero-order valence-corrected chi connectivity index (χ0v) is 9.46. The highest BCUT2D eigenvalue weighted by Crippen LogP contribution is 2.34. The third-order valence-corrected chi connectivity index (χ3v) is 3.66. The van der Waals surface area contributed by atoms with Gasteiger partial charge in [-0.3, -0.25) is 0 Å². The van der Waals surface area contributed by atoms with Crippen LogP contribution in [0.2, 0.25) is 0 Å². The van der Waals surface area contributed by atoms with Crippen molar-refractivity contribution in [3.05, 3.63) is 35.4 Å². The summed E-state index contributed by atoms with van der Waals surface area (Å²) in [5, 5.41) is 3.36. The lowest BCUT2D eigenvalue weighted by molar-refractivity contribution is 0.0973. The number of hydrogen-bond donors (Lipinski definition) is 1. The molecule has 92 valence electrons. The Kier molecular flexibility index (Phi) is 2.84. The van der Waals surface area contributed by atoms with Crippen LogP contribution in [0.1, 0.15) is 24.8 Å². The number of halogens is 2. The number of ether oxygens (including phenoxy) is 1. The van der Waals surface area contributed by atoms with Crippen LogP contribution in [0.15, 0.2) is 18.2 Å². The number of hydrogen-bond acceptors (Lipinski definition) is 2. The van der Waals surface area contributed by atoms with E-state index in [4.69, 9.17) is 4.74 Å². The summed E-state index contributed by atoms with van der Waals surface area (Å²) < 4.78 is 31.5. The van der Waals surface area contributed by atoms with Crippen molar-refractivity contribution in [2.24, 2.45) is 0 Å². The molecule has 2 nitrogen and oxygen atoms in total. The van der Waals surface area contributed by atoms with E-state index in [0.29, 0.717) is 24.8 Å². The van der Waals surface area contributed by atoms with Gasteiger partial charge in [0, 0.05) is 12.6 Å². The first kappa shape index (κ1) is 11.1. The monoisotopic (exact) mass is 239 g/mol. The molecular formula is C13H15F2NO. The van der Waals surface area contributed by atoms with Crippen molar-refractivity contribution < 1.29 is 13.5 Å². The van der Waals surface area contributed by atoms with Crippen molar-refractivity contribution in [3.63, 3.8) is 0 Å². The SMILES string of the molecule is Fc1ccc(CNC2CC3CCC2O3)cc1F. The largest absolute Gasteiger partial charge is 0.373 e. The Morgan fingerprint density at radius 1 is 1.24 bits per heavy atom. The Morgan fingerprint density at radius 2 is 2.12 bits per heavy atom. The van der Waals surface area contributed by atoms with E-state index in [-0.39, 0.29) is 0 Å². The lowest BCUT2D eigenvalue weighted by Gasteiger charge is -2.20. The molecule has 2 fully saturated rings. The van der Waals surface area contributed by atoms with Crippen molar-refractivity contribution in [1.82, 2.24) is 5.32 Å². The van der Waals surface area contributed by atoms with Crippen LogP contribution < -0.4 is 5.32 Å². The van der Waals surface area contributed by atoms with Crippen LogP contribution in [0.5, 0.6) is 0 Å². The maximum absolute atomic E-state index is 13.0. The van der Waals surface area contributed by atoms with Crippen LogP contribution in [0.3, 0.4) is 0 Å². The van der Waals surface area contributed by atoms with Gasteiger partial charge in [0.25, 0.3) is 0 Å². The summed E-state index contributed by atoms with van der Waals surface area (Å²) in [5.41, 5.74) is 0.770. The smallest absolute Gasteiger partial charge is 0.159 e. The number of benzene rings is 1. The van der Waals surface area contributed by atoms with Crippen LogP contribution >= 0.6 is 0 Å². The minimum Gasteiger partial charge on any atom is -0.373 e. The first-order valence-electron chi connectivity index (χ1n) is 6.05. The molecule has 3 unspecified atom stereocenters. The third-order valence-electron chi connectivity index (χ3n) is 3.66. The fraction of sp³-hybridized carbons (Fsp3) is 0.538. The summed E-state index contributed by atoms with van der Waals surface area (Å²) in [5.74, 6) is -1.58. The van der Waals surface area contributed by atoms with Crippen LogP contribution in [0.4, 0.5) is 8.78 Å². The van der Waals surface area contributed by atoms with Gasteiger partial charge >= 0.3 is 0 Å². The van der Waals surface area contributed by atoms with Gasteiger partial charge in [-0.2, -0.15) is 0 Å². The Bertz CT molecular complexity index is 424. The third kappa shape index (κ3) is 2.19. The number of nitrogens with one attached hydrogen (secondary N) is 1. The maximum Gasteiger partial charge on any atom is 0.159 e. The predicted octanol–water partition coefficient (Wildman–Crippen LogP) is 2.37. The first-order valence-corrected chi connectivity index (χ1v) is 6.05. The van der Waals surface area contributed by atoms with E-state index >= 15 is 0 Å². The Morgan fingerprint density at radius 3 is 2.76 bits per heavy atom. The summed E-state index contributed by atoms with van der Waals surface area (Å²) in [6.45, 7) is 0.564. The zero-order chi connectivity index (χ0) is 11.8. The van der Waals surface area contributed by atoms with Crippen LogP contribution in [-0.4, -0.2) is 18.2 Å². The van der Waals surface area contributed by atoms with Gasteiger partial charge in [-0.1, -0.05) is 6.07 Å². The minimum absolute atomic E-state index is 0.310. The second-order valence-corrected chi connectivity index (χ2v) is 4.85. The molecule has 0 aromatic heterocycles. The predicted molar refractivity (Wildman–Crippen MR) is 59.5 cm³/mol. The molecular weight excluding hydrogens is 224 g/mol. The van der Waals surface area contributed by atoms with Crippen molar-refractivity contribution in [1.29, 1.82) is 0 Å². The molecule has 0 amide bonds. The molecule has 2 aliphatic rings. The van der Waals surface area contributed by atoms with Gasteiger partial charge in [0.05, 0.1) is 12.2 Å². The molecule has 0 spiro atoms. The van der Waals surface area contributed by atoms with E-state index in [2.05, 4.69) is 5.32 Å². The summed E-state index contributed by atoms with van der Waals surface area (Å²) in [7, 11) is 0. The Labute approximate surface area is 99.0 Å². The Balaban J connectivity index is 1.59. The van der Waals surface area contributed by atoms with Crippen molar-refractivity contribution >= 4 is 0 Å². The Hall–Kier alpha value is -1.00. The standard InChI is InChI=1S/C13H15F2NO/c14-10-3-1-8(5-11(10)15)7-16-12-6-9-2-4-13(12)17-9/h1,3,5,9,12-13,16H,2,4,6-7H2. The van der Waals surface area contributed by atoms with Crippen LogP contribution in [0.25, 0.3) is 0 Å². The average Bonchev–Trinajstić information content (AvgIpc) is 2.92. The topological polar surface area (TPSA) is 21.3 Å². The van der Waals surface area contributed by atoms with Crippen molar-refractivity contribution in [2.75, 3.05) is 0 Å². The molecule has 4 heteroatoms. The van der Waals surface area contributed by atoms with Gasteiger partial charge < -0.3 is 10.1 Å². The second kappa shape index (κ2) is 4.35. The lowest BCUT2D eigenvalue weighted by Crippen LogP contribution is -2.37. The summed E-state index contributed by atoms with van der Waals surface area (Å²) in [6, 6.07) is 4.39. The molecule has 2 aliphatic heterocycles. The molecule has 0 aliphatic carbocycles. The molecule has 3 rings (SSSR count). The lowest BCUT2D eigenvalue weighted by atomic mass is 9.95. The van der Waals surface area contributed by atoms with Gasteiger partial charge in [0.2, 0.25) is 0 Å². The van der Waals surface area contributed by atoms with Crippen molar-refractivity contribution in [3.8, 4) is 0 Å². The van der Waals surface area contributed by atoms with E-state index < -0.39 is 11.6 Å². The van der Waals surface area contributed by atoms with E-state index in [1.807, 2.05) is 0 Å². The molecule has 0 radical (unpaired) electrons. The van der Waals surface area contributed by atoms with Crippen LogP contribution in [0, 0.1) is 11.6 Å². The normalized spacial score (nSPS) is 31.1. The van der Waals surface area contributed by atoms with Gasteiger partial charge in [0.15, 0.2) is 11.6 Å². The molecule has 17 heavy (non-hydrogen) atoms. The molecule has 3 atom stereocenters.